The highest BCUT2D eigenvalue weighted by Crippen LogP contribution is 2.23. The zero-order valence-electron chi connectivity index (χ0n) is 12.3. The van der Waals surface area contributed by atoms with Crippen molar-refractivity contribution in [3.05, 3.63) is 24.4 Å². The fourth-order valence-corrected chi connectivity index (χ4v) is 2.44. The minimum absolute atomic E-state index is 0.225. The van der Waals surface area contributed by atoms with Crippen molar-refractivity contribution in [2.75, 3.05) is 24.5 Å². The van der Waals surface area contributed by atoms with Gasteiger partial charge in [-0.15, -0.1) is 0 Å². The van der Waals surface area contributed by atoms with Crippen LogP contribution in [0.5, 0.6) is 0 Å². The highest BCUT2D eigenvalue weighted by molar-refractivity contribution is 5.82. The Hall–Kier alpha value is -1.58. The van der Waals surface area contributed by atoms with Gasteiger partial charge in [0, 0.05) is 37.3 Å². The first kappa shape index (κ1) is 13.8. The van der Waals surface area contributed by atoms with Gasteiger partial charge < -0.3 is 9.80 Å². The summed E-state index contributed by atoms with van der Waals surface area (Å²) in [5.74, 6) is 1.23. The summed E-state index contributed by atoms with van der Waals surface area (Å²) >= 11 is 0. The van der Waals surface area contributed by atoms with E-state index in [1.54, 1.807) is 0 Å². The number of carbonyl (C=O) groups is 1. The Kier molecular flexibility index (Phi) is 3.78. The summed E-state index contributed by atoms with van der Waals surface area (Å²) in [7, 11) is 0. The van der Waals surface area contributed by atoms with Crippen LogP contribution in [-0.2, 0) is 4.79 Å². The molecule has 0 aromatic carbocycles. The van der Waals surface area contributed by atoms with E-state index in [2.05, 4.69) is 16.8 Å². The molecule has 1 fully saturated rings. The third kappa shape index (κ3) is 3.06. The molecule has 0 saturated carbocycles. The Morgan fingerprint density at radius 3 is 2.58 bits per heavy atom. The van der Waals surface area contributed by atoms with Gasteiger partial charge in [-0.05, 0) is 19.1 Å². The molecule has 0 unspecified atom stereocenters. The number of hydrogen-bond donors (Lipinski definition) is 0. The second kappa shape index (κ2) is 5.19. The van der Waals surface area contributed by atoms with Gasteiger partial charge in [0.05, 0.1) is 0 Å². The molecule has 1 amide bonds. The van der Waals surface area contributed by atoms with Crippen LogP contribution in [0.4, 0.5) is 5.82 Å². The van der Waals surface area contributed by atoms with Crippen molar-refractivity contribution >= 4 is 11.7 Å². The lowest BCUT2D eigenvalue weighted by atomic mass is 9.93. The predicted molar refractivity (Wildman–Crippen MR) is 77.1 cm³/mol. The minimum Gasteiger partial charge on any atom is -0.353 e. The van der Waals surface area contributed by atoms with E-state index in [-0.39, 0.29) is 17.4 Å². The second-order valence-corrected chi connectivity index (χ2v) is 6.23. The standard InChI is InChI=1S/C15H23N3O/c1-12-11-17(13-7-5-6-8-16-13)9-10-18(12)14(19)15(2,3)4/h5-8,12H,9-11H2,1-4H3/t12-/m1/s1. The summed E-state index contributed by atoms with van der Waals surface area (Å²) in [6.45, 7) is 10.5. The van der Waals surface area contributed by atoms with Crippen LogP contribution in [0.3, 0.4) is 0 Å². The molecule has 0 N–H and O–H groups in total. The van der Waals surface area contributed by atoms with E-state index in [0.29, 0.717) is 0 Å². The molecular weight excluding hydrogens is 238 g/mol. The molecule has 0 bridgehead atoms. The lowest BCUT2D eigenvalue weighted by Crippen LogP contribution is -2.56. The highest BCUT2D eigenvalue weighted by Gasteiger charge is 2.33. The molecule has 4 heteroatoms. The van der Waals surface area contributed by atoms with E-state index in [1.165, 1.54) is 0 Å². The van der Waals surface area contributed by atoms with Crippen LogP contribution in [-0.4, -0.2) is 41.5 Å². The molecule has 2 heterocycles. The van der Waals surface area contributed by atoms with Crippen molar-refractivity contribution < 1.29 is 4.79 Å². The zero-order valence-corrected chi connectivity index (χ0v) is 12.3. The lowest BCUT2D eigenvalue weighted by molar-refractivity contribution is -0.142. The molecule has 4 nitrogen and oxygen atoms in total. The van der Waals surface area contributed by atoms with Crippen LogP contribution in [0, 0.1) is 5.41 Å². The minimum atomic E-state index is -0.304. The number of anilines is 1. The van der Waals surface area contributed by atoms with Crippen LogP contribution < -0.4 is 4.90 Å². The molecule has 0 aliphatic carbocycles. The molecule has 0 spiro atoms. The highest BCUT2D eigenvalue weighted by atomic mass is 16.2. The Morgan fingerprint density at radius 1 is 1.32 bits per heavy atom. The van der Waals surface area contributed by atoms with Crippen molar-refractivity contribution in [1.82, 2.24) is 9.88 Å². The summed E-state index contributed by atoms with van der Waals surface area (Å²) in [6, 6.07) is 6.17. The molecule has 1 saturated heterocycles. The van der Waals surface area contributed by atoms with Crippen LogP contribution in [0.1, 0.15) is 27.7 Å². The molecule has 1 aromatic rings. The number of pyridine rings is 1. The van der Waals surface area contributed by atoms with Gasteiger partial charge in [0.1, 0.15) is 5.82 Å². The number of nitrogens with zero attached hydrogens (tertiary/aromatic N) is 3. The first-order valence-corrected chi connectivity index (χ1v) is 6.86. The van der Waals surface area contributed by atoms with Crippen LogP contribution in [0.15, 0.2) is 24.4 Å². The van der Waals surface area contributed by atoms with Crippen LogP contribution in [0.2, 0.25) is 0 Å². The van der Waals surface area contributed by atoms with Crippen molar-refractivity contribution in [3.8, 4) is 0 Å². The first-order valence-electron chi connectivity index (χ1n) is 6.86. The topological polar surface area (TPSA) is 36.4 Å². The van der Waals surface area contributed by atoms with Gasteiger partial charge in [0.25, 0.3) is 0 Å². The fourth-order valence-electron chi connectivity index (χ4n) is 2.44. The third-order valence-corrected chi connectivity index (χ3v) is 3.50. The van der Waals surface area contributed by atoms with E-state index in [4.69, 9.17) is 0 Å². The maximum absolute atomic E-state index is 12.4. The Labute approximate surface area is 115 Å². The Bertz CT molecular complexity index is 438. The third-order valence-electron chi connectivity index (χ3n) is 3.50. The van der Waals surface area contributed by atoms with E-state index in [9.17, 15) is 4.79 Å². The van der Waals surface area contributed by atoms with Crippen LogP contribution in [0.25, 0.3) is 0 Å². The number of carbonyl (C=O) groups excluding carboxylic acids is 1. The first-order chi connectivity index (χ1) is 8.89. The van der Waals surface area contributed by atoms with Crippen molar-refractivity contribution in [1.29, 1.82) is 0 Å². The van der Waals surface area contributed by atoms with Gasteiger partial charge in [-0.25, -0.2) is 4.98 Å². The average Bonchev–Trinajstić information content (AvgIpc) is 2.38. The number of rotatable bonds is 1. The summed E-state index contributed by atoms with van der Waals surface area (Å²) in [4.78, 5) is 21.0. The number of amides is 1. The van der Waals surface area contributed by atoms with Gasteiger partial charge in [-0.2, -0.15) is 0 Å². The molecule has 104 valence electrons. The fraction of sp³-hybridized carbons (Fsp3) is 0.600. The summed E-state index contributed by atoms with van der Waals surface area (Å²) in [5.41, 5.74) is -0.304. The maximum atomic E-state index is 12.4. The van der Waals surface area contributed by atoms with E-state index in [0.717, 1.165) is 25.5 Å². The van der Waals surface area contributed by atoms with Crippen molar-refractivity contribution in [3.63, 3.8) is 0 Å². The largest absolute Gasteiger partial charge is 0.353 e. The smallest absolute Gasteiger partial charge is 0.228 e. The van der Waals surface area contributed by atoms with Crippen molar-refractivity contribution in [2.24, 2.45) is 5.41 Å². The Morgan fingerprint density at radius 2 is 2.05 bits per heavy atom. The van der Waals surface area contributed by atoms with Crippen LogP contribution >= 0.6 is 0 Å². The quantitative estimate of drug-likeness (QED) is 0.777. The molecule has 0 radical (unpaired) electrons. The normalized spacial score (nSPS) is 20.5. The average molecular weight is 261 g/mol. The van der Waals surface area contributed by atoms with Gasteiger partial charge in [0.2, 0.25) is 5.91 Å². The van der Waals surface area contributed by atoms with Gasteiger partial charge >= 0.3 is 0 Å². The molecule has 1 atom stereocenters. The number of hydrogen-bond acceptors (Lipinski definition) is 3. The monoisotopic (exact) mass is 261 g/mol. The second-order valence-electron chi connectivity index (χ2n) is 6.23. The molecular formula is C15H23N3O. The van der Waals surface area contributed by atoms with Gasteiger partial charge in [-0.3, -0.25) is 4.79 Å². The Balaban J connectivity index is 2.05. The number of piperazine rings is 1. The van der Waals surface area contributed by atoms with Crippen molar-refractivity contribution in [2.45, 2.75) is 33.7 Å². The van der Waals surface area contributed by atoms with Gasteiger partial charge in [-0.1, -0.05) is 26.8 Å². The molecule has 1 aliphatic rings. The van der Waals surface area contributed by atoms with E-state index >= 15 is 0 Å². The summed E-state index contributed by atoms with van der Waals surface area (Å²) in [6.07, 6.45) is 1.81. The maximum Gasteiger partial charge on any atom is 0.228 e. The molecule has 1 aromatic heterocycles. The van der Waals surface area contributed by atoms with Gasteiger partial charge in [0.15, 0.2) is 0 Å². The molecule has 1 aliphatic heterocycles. The summed E-state index contributed by atoms with van der Waals surface area (Å²) < 4.78 is 0. The summed E-state index contributed by atoms with van der Waals surface area (Å²) in [5, 5.41) is 0. The SMILES string of the molecule is C[C@@H]1CN(c2ccccn2)CCN1C(=O)C(C)(C)C. The predicted octanol–water partition coefficient (Wildman–Crippen LogP) is 2.16. The van der Waals surface area contributed by atoms with E-state index < -0.39 is 0 Å². The molecule has 19 heavy (non-hydrogen) atoms. The molecule has 2 rings (SSSR count). The zero-order chi connectivity index (χ0) is 14.0. The number of aromatic nitrogens is 1. The lowest BCUT2D eigenvalue weighted by Gasteiger charge is -2.42. The van der Waals surface area contributed by atoms with E-state index in [1.807, 2.05) is 50.1 Å².